The standard InChI is InChI=1S/C12H16ClN5O/c1-12(2,18-8-10(13)6-16-18)11(19)14-4-9-5-15-17(3)7-9/h5-8H,4H2,1-3H3,(H,14,19). The molecule has 0 saturated heterocycles. The number of halogens is 1. The average Bonchev–Trinajstić information content (AvgIpc) is 2.95. The maximum absolute atomic E-state index is 12.2. The van der Waals surface area contributed by atoms with E-state index in [4.69, 9.17) is 11.6 Å². The van der Waals surface area contributed by atoms with E-state index in [-0.39, 0.29) is 5.91 Å². The van der Waals surface area contributed by atoms with Gasteiger partial charge in [-0.2, -0.15) is 10.2 Å². The van der Waals surface area contributed by atoms with E-state index >= 15 is 0 Å². The Labute approximate surface area is 116 Å². The van der Waals surface area contributed by atoms with Crippen LogP contribution in [-0.4, -0.2) is 25.5 Å². The van der Waals surface area contributed by atoms with Crippen LogP contribution in [0.15, 0.2) is 24.8 Å². The van der Waals surface area contributed by atoms with Crippen LogP contribution in [0.4, 0.5) is 0 Å². The van der Waals surface area contributed by atoms with Gasteiger partial charge < -0.3 is 5.32 Å². The SMILES string of the molecule is Cn1cc(CNC(=O)C(C)(C)n2cc(Cl)cn2)cn1. The van der Waals surface area contributed by atoms with Crippen molar-refractivity contribution >= 4 is 17.5 Å². The topological polar surface area (TPSA) is 64.7 Å². The first-order chi connectivity index (χ1) is 8.89. The van der Waals surface area contributed by atoms with Crippen molar-refractivity contribution in [2.45, 2.75) is 25.9 Å². The summed E-state index contributed by atoms with van der Waals surface area (Å²) in [7, 11) is 1.83. The zero-order valence-corrected chi connectivity index (χ0v) is 11.8. The largest absolute Gasteiger partial charge is 0.350 e. The number of aryl methyl sites for hydroxylation is 1. The first kappa shape index (κ1) is 13.6. The molecule has 0 radical (unpaired) electrons. The lowest BCUT2D eigenvalue weighted by atomic mass is 10.1. The number of amides is 1. The highest BCUT2D eigenvalue weighted by Crippen LogP contribution is 2.17. The quantitative estimate of drug-likeness (QED) is 0.919. The van der Waals surface area contributed by atoms with Crippen molar-refractivity contribution in [1.82, 2.24) is 24.9 Å². The molecule has 1 amide bonds. The van der Waals surface area contributed by atoms with Crippen molar-refractivity contribution in [1.29, 1.82) is 0 Å². The average molecular weight is 282 g/mol. The van der Waals surface area contributed by atoms with Crippen LogP contribution in [0.1, 0.15) is 19.4 Å². The number of hydrogen-bond acceptors (Lipinski definition) is 3. The van der Waals surface area contributed by atoms with Gasteiger partial charge in [0, 0.05) is 31.5 Å². The molecule has 2 aromatic rings. The van der Waals surface area contributed by atoms with Crippen molar-refractivity contribution < 1.29 is 4.79 Å². The van der Waals surface area contributed by atoms with Gasteiger partial charge in [-0.3, -0.25) is 14.2 Å². The summed E-state index contributed by atoms with van der Waals surface area (Å²) in [6.07, 6.45) is 6.72. The van der Waals surface area contributed by atoms with E-state index in [1.807, 2.05) is 13.2 Å². The number of carbonyl (C=O) groups excluding carboxylic acids is 1. The summed E-state index contributed by atoms with van der Waals surface area (Å²) in [4.78, 5) is 12.2. The maximum Gasteiger partial charge on any atom is 0.247 e. The van der Waals surface area contributed by atoms with Crippen LogP contribution in [0.25, 0.3) is 0 Å². The Morgan fingerprint density at radius 3 is 2.63 bits per heavy atom. The van der Waals surface area contributed by atoms with Gasteiger partial charge in [0.25, 0.3) is 0 Å². The molecule has 0 spiro atoms. The van der Waals surface area contributed by atoms with Crippen molar-refractivity contribution in [3.8, 4) is 0 Å². The van der Waals surface area contributed by atoms with E-state index in [0.717, 1.165) is 5.56 Å². The van der Waals surface area contributed by atoms with Crippen LogP contribution in [-0.2, 0) is 23.9 Å². The van der Waals surface area contributed by atoms with Crippen LogP contribution in [0.5, 0.6) is 0 Å². The number of carbonyl (C=O) groups is 1. The Morgan fingerprint density at radius 1 is 1.37 bits per heavy atom. The monoisotopic (exact) mass is 281 g/mol. The first-order valence-corrected chi connectivity index (χ1v) is 6.24. The summed E-state index contributed by atoms with van der Waals surface area (Å²) in [5, 5.41) is 11.5. The summed E-state index contributed by atoms with van der Waals surface area (Å²) < 4.78 is 3.24. The van der Waals surface area contributed by atoms with Crippen LogP contribution < -0.4 is 5.32 Å². The molecule has 0 unspecified atom stereocenters. The molecule has 0 saturated carbocycles. The minimum atomic E-state index is -0.796. The molecule has 0 aliphatic heterocycles. The predicted octanol–water partition coefficient (Wildman–Crippen LogP) is 1.32. The molecule has 2 rings (SSSR count). The normalized spacial score (nSPS) is 11.6. The van der Waals surface area contributed by atoms with E-state index in [2.05, 4.69) is 15.5 Å². The first-order valence-electron chi connectivity index (χ1n) is 5.86. The van der Waals surface area contributed by atoms with Gasteiger partial charge in [0.1, 0.15) is 5.54 Å². The van der Waals surface area contributed by atoms with Gasteiger partial charge in [0.2, 0.25) is 5.91 Å². The number of aromatic nitrogens is 4. The second kappa shape index (κ2) is 5.05. The summed E-state index contributed by atoms with van der Waals surface area (Å²) in [5.74, 6) is -0.129. The highest BCUT2D eigenvalue weighted by Gasteiger charge is 2.30. The fourth-order valence-electron chi connectivity index (χ4n) is 1.67. The zero-order chi connectivity index (χ0) is 14.0. The molecule has 0 atom stereocenters. The molecule has 1 N–H and O–H groups in total. The third-order valence-electron chi connectivity index (χ3n) is 2.89. The number of nitrogens with zero attached hydrogens (tertiary/aromatic N) is 4. The van der Waals surface area contributed by atoms with E-state index in [0.29, 0.717) is 11.6 Å². The maximum atomic E-state index is 12.2. The van der Waals surface area contributed by atoms with Crippen molar-refractivity contribution in [2.75, 3.05) is 0 Å². The second-order valence-electron chi connectivity index (χ2n) is 4.87. The molecule has 19 heavy (non-hydrogen) atoms. The molecule has 6 nitrogen and oxygen atoms in total. The van der Waals surface area contributed by atoms with Crippen molar-refractivity contribution in [3.05, 3.63) is 35.4 Å². The van der Waals surface area contributed by atoms with Gasteiger partial charge >= 0.3 is 0 Å². The van der Waals surface area contributed by atoms with Gasteiger partial charge in [-0.25, -0.2) is 0 Å². The molecule has 0 aliphatic rings. The van der Waals surface area contributed by atoms with Gasteiger partial charge in [-0.15, -0.1) is 0 Å². The summed E-state index contributed by atoms with van der Waals surface area (Å²) in [6.45, 7) is 4.01. The van der Waals surface area contributed by atoms with Gasteiger partial charge in [-0.05, 0) is 13.8 Å². The van der Waals surface area contributed by atoms with Crippen molar-refractivity contribution in [2.24, 2.45) is 7.05 Å². The minimum absolute atomic E-state index is 0.129. The third kappa shape index (κ3) is 2.96. The Balaban J connectivity index is 2.02. The number of rotatable bonds is 4. The van der Waals surface area contributed by atoms with Gasteiger partial charge in [0.15, 0.2) is 0 Å². The lowest BCUT2D eigenvalue weighted by molar-refractivity contribution is -0.129. The number of hydrogen-bond donors (Lipinski definition) is 1. The van der Waals surface area contributed by atoms with Gasteiger partial charge in [0.05, 0.1) is 17.4 Å². The smallest absolute Gasteiger partial charge is 0.247 e. The third-order valence-corrected chi connectivity index (χ3v) is 3.09. The molecule has 2 aromatic heterocycles. The van der Waals surface area contributed by atoms with E-state index < -0.39 is 5.54 Å². The second-order valence-corrected chi connectivity index (χ2v) is 5.30. The predicted molar refractivity (Wildman–Crippen MR) is 71.6 cm³/mol. The van der Waals surface area contributed by atoms with Crippen LogP contribution in [0.3, 0.4) is 0 Å². The fourth-order valence-corrected chi connectivity index (χ4v) is 1.81. The molecule has 7 heteroatoms. The Bertz CT molecular complexity index is 586. The Morgan fingerprint density at radius 2 is 2.11 bits per heavy atom. The molecule has 0 fully saturated rings. The van der Waals surface area contributed by atoms with Gasteiger partial charge in [-0.1, -0.05) is 11.6 Å². The highest BCUT2D eigenvalue weighted by atomic mass is 35.5. The zero-order valence-electron chi connectivity index (χ0n) is 11.1. The Hall–Kier alpha value is -1.82. The lowest BCUT2D eigenvalue weighted by Gasteiger charge is -2.24. The summed E-state index contributed by atoms with van der Waals surface area (Å²) in [6, 6.07) is 0. The molecular weight excluding hydrogens is 266 g/mol. The molecule has 0 bridgehead atoms. The molecule has 0 aromatic carbocycles. The summed E-state index contributed by atoms with van der Waals surface area (Å²) >= 11 is 5.82. The highest BCUT2D eigenvalue weighted by molar-refractivity contribution is 6.30. The minimum Gasteiger partial charge on any atom is -0.350 e. The fraction of sp³-hybridized carbons (Fsp3) is 0.417. The van der Waals surface area contributed by atoms with Crippen LogP contribution >= 0.6 is 11.6 Å². The molecule has 0 aliphatic carbocycles. The molecule has 102 valence electrons. The van der Waals surface area contributed by atoms with E-state index in [9.17, 15) is 4.79 Å². The lowest BCUT2D eigenvalue weighted by Crippen LogP contribution is -2.44. The van der Waals surface area contributed by atoms with Crippen LogP contribution in [0.2, 0.25) is 5.02 Å². The van der Waals surface area contributed by atoms with E-state index in [1.54, 1.807) is 35.6 Å². The van der Waals surface area contributed by atoms with Crippen molar-refractivity contribution in [3.63, 3.8) is 0 Å². The summed E-state index contributed by atoms with van der Waals surface area (Å²) in [5.41, 5.74) is 0.153. The van der Waals surface area contributed by atoms with Crippen LogP contribution in [0, 0.1) is 0 Å². The number of nitrogens with one attached hydrogen (secondary N) is 1. The molecule has 2 heterocycles. The Kier molecular flexibility index (Phi) is 3.61. The molecular formula is C12H16ClN5O. The van der Waals surface area contributed by atoms with E-state index in [1.165, 1.54) is 6.20 Å².